The molecule has 0 bridgehead atoms. The molecule has 1 N–H and O–H groups in total. The number of nitrogens with zero attached hydrogens (tertiary/aromatic N) is 1. The molecule has 1 aromatic rings. The summed E-state index contributed by atoms with van der Waals surface area (Å²) in [5, 5.41) is 4.24. The van der Waals surface area contributed by atoms with Crippen LogP contribution < -0.4 is 5.32 Å². The van der Waals surface area contributed by atoms with Gasteiger partial charge in [0.2, 0.25) is 0 Å². The van der Waals surface area contributed by atoms with Gasteiger partial charge in [-0.25, -0.2) is 0 Å². The molecule has 0 radical (unpaired) electrons. The summed E-state index contributed by atoms with van der Waals surface area (Å²) in [6, 6.07) is 6.47. The lowest BCUT2D eigenvalue weighted by Crippen LogP contribution is -2.29. The Bertz CT molecular complexity index is 446. The van der Waals surface area contributed by atoms with Gasteiger partial charge in [0.05, 0.1) is 0 Å². The molecule has 0 aromatic heterocycles. The van der Waals surface area contributed by atoms with Crippen molar-refractivity contribution in [3.8, 4) is 0 Å². The fraction of sp³-hybridized carbons (Fsp3) is 0.647. The second kappa shape index (κ2) is 8.52. The molecule has 0 aliphatic heterocycles. The summed E-state index contributed by atoms with van der Waals surface area (Å²) in [7, 11) is 4.26. The molecule has 1 aliphatic carbocycles. The Morgan fingerprint density at radius 2 is 2.10 bits per heavy atom. The molecular formula is C17H26BrClN2. The van der Waals surface area contributed by atoms with Gasteiger partial charge in [-0.05, 0) is 63.5 Å². The summed E-state index contributed by atoms with van der Waals surface area (Å²) in [5.41, 5.74) is 1.19. The van der Waals surface area contributed by atoms with Crippen LogP contribution >= 0.6 is 27.5 Å². The van der Waals surface area contributed by atoms with Crippen LogP contribution in [0.2, 0.25) is 5.02 Å². The number of rotatable bonds is 7. The van der Waals surface area contributed by atoms with Crippen LogP contribution in [0.25, 0.3) is 0 Å². The number of hydrogen-bond donors (Lipinski definition) is 1. The molecule has 2 rings (SSSR count). The van der Waals surface area contributed by atoms with Crippen molar-refractivity contribution in [1.29, 1.82) is 0 Å². The predicted octanol–water partition coefficient (Wildman–Crippen LogP) is 4.88. The second-order valence-corrected chi connectivity index (χ2v) is 7.53. The summed E-state index contributed by atoms with van der Waals surface area (Å²) < 4.78 is 1.03. The first-order valence-electron chi connectivity index (χ1n) is 7.91. The highest BCUT2D eigenvalue weighted by molar-refractivity contribution is 9.10. The first-order chi connectivity index (χ1) is 10.1. The molecule has 1 unspecified atom stereocenters. The Morgan fingerprint density at radius 1 is 1.38 bits per heavy atom. The lowest BCUT2D eigenvalue weighted by Gasteiger charge is -2.24. The van der Waals surface area contributed by atoms with E-state index in [1.165, 1.54) is 37.8 Å². The van der Waals surface area contributed by atoms with Gasteiger partial charge in [-0.15, -0.1) is 0 Å². The molecule has 1 fully saturated rings. The van der Waals surface area contributed by atoms with E-state index in [2.05, 4.69) is 45.3 Å². The molecule has 0 amide bonds. The molecule has 2 nitrogen and oxygen atoms in total. The standard InChI is InChI=1S/C17H26BrClN2/c1-20-17(15-8-7-14(18)11-16(15)19)9-10-21(2)12-13-5-3-4-6-13/h7-8,11,13,17,20H,3-6,9-10,12H2,1-2H3. The fourth-order valence-electron chi connectivity index (χ4n) is 3.31. The minimum Gasteiger partial charge on any atom is -0.313 e. The van der Waals surface area contributed by atoms with Crippen molar-refractivity contribution >= 4 is 27.5 Å². The minimum absolute atomic E-state index is 0.316. The van der Waals surface area contributed by atoms with Gasteiger partial charge >= 0.3 is 0 Å². The highest BCUT2D eigenvalue weighted by Gasteiger charge is 2.18. The van der Waals surface area contributed by atoms with Gasteiger partial charge in [-0.2, -0.15) is 0 Å². The molecule has 0 heterocycles. The van der Waals surface area contributed by atoms with E-state index >= 15 is 0 Å². The average Bonchev–Trinajstić information content (AvgIpc) is 2.94. The van der Waals surface area contributed by atoms with E-state index in [4.69, 9.17) is 11.6 Å². The highest BCUT2D eigenvalue weighted by Crippen LogP contribution is 2.29. The monoisotopic (exact) mass is 372 g/mol. The summed E-state index contributed by atoms with van der Waals surface area (Å²) >= 11 is 9.84. The van der Waals surface area contributed by atoms with Crippen LogP contribution in [0.1, 0.15) is 43.7 Å². The smallest absolute Gasteiger partial charge is 0.0465 e. The van der Waals surface area contributed by atoms with Crippen molar-refractivity contribution in [3.05, 3.63) is 33.3 Å². The van der Waals surface area contributed by atoms with E-state index in [1.807, 2.05) is 13.1 Å². The zero-order valence-electron chi connectivity index (χ0n) is 13.0. The van der Waals surface area contributed by atoms with E-state index < -0.39 is 0 Å². The van der Waals surface area contributed by atoms with Gasteiger partial charge in [-0.3, -0.25) is 0 Å². The van der Waals surface area contributed by atoms with Crippen LogP contribution in [-0.4, -0.2) is 32.1 Å². The van der Waals surface area contributed by atoms with Crippen molar-refractivity contribution in [2.24, 2.45) is 5.92 Å². The minimum atomic E-state index is 0.316. The zero-order chi connectivity index (χ0) is 15.2. The Morgan fingerprint density at radius 3 is 2.71 bits per heavy atom. The van der Waals surface area contributed by atoms with Gasteiger partial charge in [0.1, 0.15) is 0 Å². The van der Waals surface area contributed by atoms with E-state index in [0.717, 1.165) is 28.4 Å². The third kappa shape index (κ3) is 5.24. The Balaban J connectivity index is 1.86. The van der Waals surface area contributed by atoms with Crippen LogP contribution in [-0.2, 0) is 0 Å². The molecule has 1 aromatic carbocycles. The second-order valence-electron chi connectivity index (χ2n) is 6.21. The van der Waals surface area contributed by atoms with E-state index in [0.29, 0.717) is 6.04 Å². The van der Waals surface area contributed by atoms with Crippen molar-refractivity contribution in [2.45, 2.75) is 38.1 Å². The topological polar surface area (TPSA) is 15.3 Å². The van der Waals surface area contributed by atoms with Crippen molar-refractivity contribution < 1.29 is 0 Å². The van der Waals surface area contributed by atoms with Gasteiger partial charge in [0.15, 0.2) is 0 Å². The summed E-state index contributed by atoms with van der Waals surface area (Å²) in [6.45, 7) is 2.35. The molecule has 0 spiro atoms. The molecule has 1 saturated carbocycles. The van der Waals surface area contributed by atoms with Gasteiger partial charge in [0, 0.05) is 22.1 Å². The summed E-state index contributed by atoms with van der Waals surface area (Å²) in [4.78, 5) is 2.48. The van der Waals surface area contributed by atoms with E-state index in [9.17, 15) is 0 Å². The quantitative estimate of drug-likeness (QED) is 0.733. The number of nitrogens with one attached hydrogen (secondary N) is 1. The summed E-state index contributed by atoms with van der Waals surface area (Å²) in [6.07, 6.45) is 6.76. The first-order valence-corrected chi connectivity index (χ1v) is 9.08. The van der Waals surface area contributed by atoms with Crippen molar-refractivity contribution in [3.63, 3.8) is 0 Å². The third-order valence-corrected chi connectivity index (χ3v) is 5.35. The maximum absolute atomic E-state index is 6.37. The first kappa shape index (κ1) is 17.3. The number of hydrogen-bond acceptors (Lipinski definition) is 2. The Labute approximate surface area is 142 Å². The van der Waals surface area contributed by atoms with Crippen LogP contribution in [0.5, 0.6) is 0 Å². The van der Waals surface area contributed by atoms with Crippen LogP contribution in [0.3, 0.4) is 0 Å². The Hall–Kier alpha value is -0.0900. The molecular weight excluding hydrogens is 348 g/mol. The van der Waals surface area contributed by atoms with E-state index in [-0.39, 0.29) is 0 Å². The molecule has 0 saturated heterocycles. The Kier molecular flexibility index (Phi) is 7.00. The zero-order valence-corrected chi connectivity index (χ0v) is 15.4. The third-order valence-electron chi connectivity index (χ3n) is 4.53. The van der Waals surface area contributed by atoms with Gasteiger partial charge < -0.3 is 10.2 Å². The number of halogens is 2. The van der Waals surface area contributed by atoms with Crippen molar-refractivity contribution in [2.75, 3.05) is 27.2 Å². The summed E-state index contributed by atoms with van der Waals surface area (Å²) in [5.74, 6) is 0.916. The molecule has 21 heavy (non-hydrogen) atoms. The maximum Gasteiger partial charge on any atom is 0.0465 e. The molecule has 4 heteroatoms. The van der Waals surface area contributed by atoms with Crippen LogP contribution in [0, 0.1) is 5.92 Å². The number of benzene rings is 1. The van der Waals surface area contributed by atoms with Crippen LogP contribution in [0.15, 0.2) is 22.7 Å². The molecule has 1 aliphatic rings. The van der Waals surface area contributed by atoms with E-state index in [1.54, 1.807) is 0 Å². The maximum atomic E-state index is 6.37. The van der Waals surface area contributed by atoms with Gasteiger partial charge in [-0.1, -0.05) is 46.4 Å². The average molecular weight is 374 g/mol. The largest absolute Gasteiger partial charge is 0.313 e. The normalized spacial score (nSPS) is 17.6. The molecule has 118 valence electrons. The lowest BCUT2D eigenvalue weighted by molar-refractivity contribution is 0.264. The van der Waals surface area contributed by atoms with Crippen molar-refractivity contribution in [1.82, 2.24) is 10.2 Å². The predicted molar refractivity (Wildman–Crippen MR) is 95.0 cm³/mol. The SMILES string of the molecule is CNC(CCN(C)CC1CCCC1)c1ccc(Br)cc1Cl. The van der Waals surface area contributed by atoms with Gasteiger partial charge in [0.25, 0.3) is 0 Å². The highest BCUT2D eigenvalue weighted by atomic mass is 79.9. The molecule has 1 atom stereocenters. The lowest BCUT2D eigenvalue weighted by atomic mass is 10.0. The fourth-order valence-corrected chi connectivity index (χ4v) is 4.12. The van der Waals surface area contributed by atoms with Crippen LogP contribution in [0.4, 0.5) is 0 Å².